The van der Waals surface area contributed by atoms with E-state index in [-0.39, 0.29) is 5.92 Å². The van der Waals surface area contributed by atoms with Crippen LogP contribution in [0, 0.1) is 17.3 Å². The van der Waals surface area contributed by atoms with Crippen molar-refractivity contribution in [2.45, 2.75) is 72.3 Å². The molecule has 1 fully saturated rings. The van der Waals surface area contributed by atoms with Crippen LogP contribution in [0.1, 0.15) is 66.7 Å². The first kappa shape index (κ1) is 14.7. The first-order chi connectivity index (χ1) is 7.70. The summed E-state index contributed by atoms with van der Waals surface area (Å²) in [5.74, 6) is 1.46. The Morgan fingerprint density at radius 1 is 1.12 bits per heavy atom. The highest BCUT2D eigenvalue weighted by Crippen LogP contribution is 2.38. The Hall–Kier alpha value is -0.370. The fraction of sp³-hybridized carbons (Fsp3) is 0.933. The molecule has 1 aliphatic carbocycles. The molecular formula is C15H29NO. The smallest absolute Gasteiger partial charge is 0.143 e. The van der Waals surface area contributed by atoms with Crippen LogP contribution >= 0.6 is 0 Å². The Morgan fingerprint density at radius 3 is 1.94 bits per heavy atom. The van der Waals surface area contributed by atoms with Crippen molar-refractivity contribution in [2.24, 2.45) is 23.0 Å². The molecule has 0 aromatic heterocycles. The molecule has 2 heteroatoms. The minimum Gasteiger partial charge on any atom is -0.325 e. The summed E-state index contributed by atoms with van der Waals surface area (Å²) in [6.07, 6.45) is 5.82. The molecule has 17 heavy (non-hydrogen) atoms. The lowest BCUT2D eigenvalue weighted by Gasteiger charge is -2.41. The third-order valence-corrected chi connectivity index (χ3v) is 5.02. The minimum absolute atomic E-state index is 0.246. The van der Waals surface area contributed by atoms with E-state index in [2.05, 4.69) is 6.92 Å². The van der Waals surface area contributed by atoms with Gasteiger partial charge in [0.2, 0.25) is 0 Å². The van der Waals surface area contributed by atoms with Crippen LogP contribution in [0.25, 0.3) is 0 Å². The quantitative estimate of drug-likeness (QED) is 0.815. The molecule has 1 rings (SSSR count). The van der Waals surface area contributed by atoms with Crippen LogP contribution < -0.4 is 5.73 Å². The number of rotatable bonds is 4. The largest absolute Gasteiger partial charge is 0.325 e. The van der Waals surface area contributed by atoms with Crippen LogP contribution in [0.2, 0.25) is 0 Å². The van der Waals surface area contributed by atoms with E-state index in [1.165, 1.54) is 19.3 Å². The van der Waals surface area contributed by atoms with Crippen molar-refractivity contribution >= 4 is 5.78 Å². The van der Waals surface area contributed by atoms with Gasteiger partial charge in [0.05, 0.1) is 0 Å². The first-order valence-corrected chi connectivity index (χ1v) is 7.03. The normalized spacial score (nSPS) is 26.9. The number of hydrogen-bond donors (Lipinski definition) is 1. The second-order valence-corrected chi connectivity index (χ2v) is 6.84. The van der Waals surface area contributed by atoms with Gasteiger partial charge in [0.25, 0.3) is 0 Å². The van der Waals surface area contributed by atoms with Crippen LogP contribution in [-0.4, -0.2) is 11.3 Å². The van der Waals surface area contributed by atoms with Gasteiger partial charge in [-0.1, -0.05) is 27.2 Å². The van der Waals surface area contributed by atoms with Crippen molar-refractivity contribution in [2.75, 3.05) is 0 Å². The van der Waals surface area contributed by atoms with Gasteiger partial charge in [0, 0.05) is 16.9 Å². The summed E-state index contributed by atoms with van der Waals surface area (Å²) in [5.41, 5.74) is 5.29. The Bertz CT molecular complexity index is 267. The molecule has 0 heterocycles. The summed E-state index contributed by atoms with van der Waals surface area (Å²) < 4.78 is 0. The number of nitrogens with two attached hydrogens (primary N) is 1. The molecule has 0 bridgehead atoms. The zero-order valence-corrected chi connectivity index (χ0v) is 12.2. The van der Waals surface area contributed by atoms with Crippen molar-refractivity contribution in [1.82, 2.24) is 0 Å². The molecule has 100 valence electrons. The van der Waals surface area contributed by atoms with Gasteiger partial charge in [-0.3, -0.25) is 4.79 Å². The second-order valence-electron chi connectivity index (χ2n) is 6.84. The molecule has 0 unspecified atom stereocenters. The molecule has 2 nitrogen and oxygen atoms in total. The van der Waals surface area contributed by atoms with Crippen LogP contribution in [0.4, 0.5) is 0 Å². The molecule has 2 N–H and O–H groups in total. The number of carbonyl (C=O) groups is 1. The van der Waals surface area contributed by atoms with Gasteiger partial charge in [-0.15, -0.1) is 0 Å². The third-order valence-electron chi connectivity index (χ3n) is 5.02. The minimum atomic E-state index is -0.439. The van der Waals surface area contributed by atoms with Crippen molar-refractivity contribution in [3.63, 3.8) is 0 Å². The molecule has 0 saturated heterocycles. The molecule has 1 aliphatic rings. The van der Waals surface area contributed by atoms with Crippen LogP contribution in [0.15, 0.2) is 0 Å². The first-order valence-electron chi connectivity index (χ1n) is 7.03. The Morgan fingerprint density at radius 2 is 1.59 bits per heavy atom. The summed E-state index contributed by atoms with van der Waals surface area (Å²) in [7, 11) is 0. The second kappa shape index (κ2) is 5.09. The average Bonchev–Trinajstić information content (AvgIpc) is 2.26. The van der Waals surface area contributed by atoms with Crippen LogP contribution in [-0.2, 0) is 4.79 Å². The molecule has 0 aromatic rings. The predicted octanol–water partition coefficient (Wildman–Crippen LogP) is 3.54. The van der Waals surface area contributed by atoms with E-state index in [1.807, 2.05) is 27.7 Å². The number of hydrogen-bond acceptors (Lipinski definition) is 2. The molecule has 0 aromatic carbocycles. The van der Waals surface area contributed by atoms with Crippen LogP contribution in [0.3, 0.4) is 0 Å². The van der Waals surface area contributed by atoms with Gasteiger partial charge < -0.3 is 5.73 Å². The van der Waals surface area contributed by atoms with Gasteiger partial charge in [-0.05, 0) is 45.4 Å². The van der Waals surface area contributed by atoms with Crippen molar-refractivity contribution in [3.05, 3.63) is 0 Å². The summed E-state index contributed by atoms with van der Waals surface area (Å²) in [6.45, 7) is 10.2. The SMILES string of the molecule is CCC1CCC(C(=O)C(C)(C)C(C)(C)N)CC1. The molecule has 0 aliphatic heterocycles. The monoisotopic (exact) mass is 239 g/mol. The Labute approximate surface area is 106 Å². The van der Waals surface area contributed by atoms with E-state index >= 15 is 0 Å². The fourth-order valence-electron chi connectivity index (χ4n) is 2.66. The topological polar surface area (TPSA) is 43.1 Å². The summed E-state index contributed by atoms with van der Waals surface area (Å²) in [5, 5.41) is 0. The zero-order chi connectivity index (χ0) is 13.3. The Balaban J connectivity index is 2.66. The lowest BCUT2D eigenvalue weighted by atomic mass is 9.65. The van der Waals surface area contributed by atoms with Crippen LogP contribution in [0.5, 0.6) is 0 Å². The zero-order valence-electron chi connectivity index (χ0n) is 12.2. The van der Waals surface area contributed by atoms with Gasteiger partial charge >= 0.3 is 0 Å². The molecule has 1 saturated carbocycles. The van der Waals surface area contributed by atoms with Crippen molar-refractivity contribution in [3.8, 4) is 0 Å². The van der Waals surface area contributed by atoms with Crippen molar-refractivity contribution < 1.29 is 4.79 Å². The highest BCUT2D eigenvalue weighted by atomic mass is 16.1. The lowest BCUT2D eigenvalue weighted by molar-refractivity contribution is -0.135. The summed E-state index contributed by atoms with van der Waals surface area (Å²) in [6, 6.07) is 0. The summed E-state index contributed by atoms with van der Waals surface area (Å²) in [4.78, 5) is 12.6. The maximum atomic E-state index is 12.6. The van der Waals surface area contributed by atoms with E-state index < -0.39 is 11.0 Å². The van der Waals surface area contributed by atoms with Gasteiger partial charge in [-0.25, -0.2) is 0 Å². The van der Waals surface area contributed by atoms with E-state index in [4.69, 9.17) is 5.73 Å². The molecule has 0 amide bonds. The molecular weight excluding hydrogens is 210 g/mol. The number of carbonyl (C=O) groups excluding carboxylic acids is 1. The highest BCUT2D eigenvalue weighted by Gasteiger charge is 2.43. The van der Waals surface area contributed by atoms with Gasteiger partial charge in [-0.2, -0.15) is 0 Å². The van der Waals surface area contributed by atoms with Gasteiger partial charge in [0.15, 0.2) is 0 Å². The van der Waals surface area contributed by atoms with E-state index in [0.29, 0.717) is 5.78 Å². The summed E-state index contributed by atoms with van der Waals surface area (Å²) >= 11 is 0. The third kappa shape index (κ3) is 3.09. The lowest BCUT2D eigenvalue weighted by Crippen LogP contribution is -2.53. The number of ketones is 1. The molecule has 0 radical (unpaired) electrons. The Kier molecular flexibility index (Phi) is 4.40. The molecule has 0 atom stereocenters. The van der Waals surface area contributed by atoms with Crippen molar-refractivity contribution in [1.29, 1.82) is 0 Å². The molecule has 0 spiro atoms. The number of Topliss-reactive ketones (excluding diaryl/α,β-unsaturated/α-hetero) is 1. The van der Waals surface area contributed by atoms with Gasteiger partial charge in [0.1, 0.15) is 5.78 Å². The van der Waals surface area contributed by atoms with E-state index in [9.17, 15) is 4.79 Å². The predicted molar refractivity (Wildman–Crippen MR) is 72.8 cm³/mol. The fourth-order valence-corrected chi connectivity index (χ4v) is 2.66. The average molecular weight is 239 g/mol. The van der Waals surface area contributed by atoms with E-state index in [0.717, 1.165) is 18.8 Å². The maximum absolute atomic E-state index is 12.6. The van der Waals surface area contributed by atoms with E-state index in [1.54, 1.807) is 0 Å². The maximum Gasteiger partial charge on any atom is 0.143 e. The highest BCUT2D eigenvalue weighted by molar-refractivity contribution is 5.87. The standard InChI is InChI=1S/C15H29NO/c1-6-11-7-9-12(10-8-11)13(17)14(2,3)15(4,5)16/h11-12H,6-10,16H2,1-5H3.